The Morgan fingerprint density at radius 1 is 1.03 bits per heavy atom. The highest BCUT2D eigenvalue weighted by atomic mass is 16.2. The summed E-state index contributed by atoms with van der Waals surface area (Å²) in [5.41, 5.74) is 22.2. The van der Waals surface area contributed by atoms with Crippen molar-refractivity contribution in [2.24, 2.45) is 28.9 Å². The Bertz CT molecular complexity index is 746. The van der Waals surface area contributed by atoms with Crippen molar-refractivity contribution >= 4 is 29.6 Å². The highest BCUT2D eigenvalue weighted by molar-refractivity contribution is 5.95. The average molecular weight is 498 g/mol. The number of guanidine groups is 1. The van der Waals surface area contributed by atoms with Gasteiger partial charge < -0.3 is 43.8 Å². The topological polar surface area (TPSA) is 236 Å². The van der Waals surface area contributed by atoms with E-state index in [4.69, 9.17) is 28.3 Å². The molecule has 1 rings (SSSR count). The Balaban J connectivity index is 2.92. The van der Waals surface area contributed by atoms with E-state index < -0.39 is 41.9 Å². The highest BCUT2D eigenvalue weighted by Crippen LogP contribution is 2.20. The van der Waals surface area contributed by atoms with E-state index in [9.17, 15) is 19.2 Å². The van der Waals surface area contributed by atoms with Crippen LogP contribution in [0.3, 0.4) is 0 Å². The lowest BCUT2D eigenvalue weighted by molar-refractivity contribution is -0.142. The van der Waals surface area contributed by atoms with Gasteiger partial charge in [0.25, 0.3) is 0 Å². The Morgan fingerprint density at radius 3 is 2.29 bits per heavy atom. The number of nitrogens with two attached hydrogens (primary N) is 4. The van der Waals surface area contributed by atoms with Crippen LogP contribution in [-0.4, -0.2) is 78.3 Å². The number of carbonyl (C=O) groups excluding carboxylic acids is 4. The van der Waals surface area contributed by atoms with Crippen molar-refractivity contribution in [3.05, 3.63) is 0 Å². The molecule has 4 amide bonds. The van der Waals surface area contributed by atoms with E-state index in [0.717, 1.165) is 6.42 Å². The van der Waals surface area contributed by atoms with Gasteiger partial charge in [-0.05, 0) is 51.0 Å². The maximum atomic E-state index is 13.2. The van der Waals surface area contributed by atoms with Crippen molar-refractivity contribution < 1.29 is 19.2 Å². The number of carbonyl (C=O) groups is 4. The number of nitrogens with one attached hydrogen (secondary N) is 4. The highest BCUT2D eigenvalue weighted by Gasteiger charge is 2.38. The standard InChI is InChI=1S/C22H43N9O4/c1-13(2)17(21(35)31-12-6-9-16(31)18(25)32)30-20(34)15(8-5-11-28-22(26)27)29-19(33)14(24)7-3-4-10-23/h13-17H,3-12,23-24H2,1-2H3,(H2,25,32)(H,29,33)(H,30,34)(H4,26,27,28)/t14-,15-,16-,17-/m0/s1. The Morgan fingerprint density at radius 2 is 1.71 bits per heavy atom. The van der Waals surface area contributed by atoms with Gasteiger partial charge in [0.1, 0.15) is 18.1 Å². The fraction of sp³-hybridized carbons (Fsp3) is 0.773. The second kappa shape index (κ2) is 15.1. The first-order valence-corrected chi connectivity index (χ1v) is 12.2. The zero-order valence-electron chi connectivity index (χ0n) is 20.8. The zero-order chi connectivity index (χ0) is 26.5. The Kier molecular flexibility index (Phi) is 13.0. The first-order chi connectivity index (χ1) is 16.5. The van der Waals surface area contributed by atoms with Crippen LogP contribution in [0.2, 0.25) is 0 Å². The molecule has 0 bridgehead atoms. The van der Waals surface area contributed by atoms with Crippen LogP contribution < -0.4 is 38.9 Å². The van der Waals surface area contributed by atoms with Crippen molar-refractivity contribution in [2.75, 3.05) is 19.6 Å². The summed E-state index contributed by atoms with van der Waals surface area (Å²) < 4.78 is 0. The van der Waals surface area contributed by atoms with Gasteiger partial charge in [-0.1, -0.05) is 20.3 Å². The number of nitrogens with zero attached hydrogens (tertiary/aromatic N) is 1. The van der Waals surface area contributed by atoms with Crippen molar-refractivity contribution in [1.82, 2.24) is 20.9 Å². The van der Waals surface area contributed by atoms with Crippen LogP contribution in [0.4, 0.5) is 0 Å². The fourth-order valence-electron chi connectivity index (χ4n) is 3.99. The molecule has 1 heterocycles. The summed E-state index contributed by atoms with van der Waals surface area (Å²) in [4.78, 5) is 52.2. The molecule has 0 spiro atoms. The molecule has 35 heavy (non-hydrogen) atoms. The lowest BCUT2D eigenvalue weighted by Crippen LogP contribution is -2.58. The van der Waals surface area contributed by atoms with Crippen molar-refractivity contribution in [3.8, 4) is 0 Å². The Labute approximate surface area is 206 Å². The van der Waals surface area contributed by atoms with Crippen LogP contribution >= 0.6 is 0 Å². The monoisotopic (exact) mass is 497 g/mol. The SMILES string of the molecule is CC(C)[C@H](NC(=O)[C@H](CCCNC(=N)N)NC(=O)[C@@H](N)CCCCN)C(=O)N1CCC[C@H]1C(N)=O. The second-order valence-electron chi connectivity index (χ2n) is 9.26. The molecule has 1 aliphatic heterocycles. The minimum Gasteiger partial charge on any atom is -0.370 e. The maximum absolute atomic E-state index is 13.2. The van der Waals surface area contributed by atoms with Gasteiger partial charge in [0, 0.05) is 13.1 Å². The van der Waals surface area contributed by atoms with E-state index in [1.165, 1.54) is 4.90 Å². The number of rotatable bonds is 15. The van der Waals surface area contributed by atoms with Gasteiger partial charge in [-0.25, -0.2) is 0 Å². The molecule has 13 nitrogen and oxygen atoms in total. The summed E-state index contributed by atoms with van der Waals surface area (Å²) >= 11 is 0. The lowest BCUT2D eigenvalue weighted by atomic mass is 10.0. The number of hydrogen-bond acceptors (Lipinski definition) is 7. The number of unbranched alkanes of at least 4 members (excludes halogenated alkanes) is 1. The van der Waals surface area contributed by atoms with E-state index in [2.05, 4.69) is 16.0 Å². The molecule has 12 N–H and O–H groups in total. The minimum absolute atomic E-state index is 0.197. The van der Waals surface area contributed by atoms with Crippen LogP contribution in [0.15, 0.2) is 0 Å². The Hall–Kier alpha value is -2.93. The molecule has 0 aromatic carbocycles. The average Bonchev–Trinajstić information content (AvgIpc) is 3.28. The van der Waals surface area contributed by atoms with E-state index in [1.54, 1.807) is 13.8 Å². The molecule has 200 valence electrons. The molecule has 0 aromatic rings. The molecule has 0 unspecified atom stereocenters. The predicted molar refractivity (Wildman–Crippen MR) is 133 cm³/mol. The molecule has 0 saturated carbocycles. The first kappa shape index (κ1) is 30.1. The van der Waals surface area contributed by atoms with Gasteiger partial charge in [-0.3, -0.25) is 24.6 Å². The summed E-state index contributed by atoms with van der Waals surface area (Å²) in [5.74, 6) is -2.42. The molecular weight excluding hydrogens is 454 g/mol. The molecule has 0 aliphatic carbocycles. The van der Waals surface area contributed by atoms with Gasteiger partial charge in [0.15, 0.2) is 5.96 Å². The van der Waals surface area contributed by atoms with Gasteiger partial charge in [0.2, 0.25) is 23.6 Å². The largest absolute Gasteiger partial charge is 0.370 e. The molecule has 1 saturated heterocycles. The van der Waals surface area contributed by atoms with Crippen LogP contribution in [0.1, 0.15) is 58.8 Å². The number of likely N-dealkylation sites (tertiary alicyclic amines) is 1. The summed E-state index contributed by atoms with van der Waals surface area (Å²) in [6.45, 7) is 4.80. The number of amides is 4. The van der Waals surface area contributed by atoms with Crippen molar-refractivity contribution in [3.63, 3.8) is 0 Å². The second-order valence-corrected chi connectivity index (χ2v) is 9.26. The van der Waals surface area contributed by atoms with E-state index in [1.807, 2.05) is 0 Å². The van der Waals surface area contributed by atoms with E-state index in [0.29, 0.717) is 51.7 Å². The minimum atomic E-state index is -0.948. The summed E-state index contributed by atoms with van der Waals surface area (Å²) in [5, 5.41) is 15.4. The molecule has 13 heteroatoms. The molecule has 1 aliphatic rings. The third-order valence-electron chi connectivity index (χ3n) is 6.02. The third kappa shape index (κ3) is 10.1. The van der Waals surface area contributed by atoms with Gasteiger partial charge >= 0.3 is 0 Å². The quantitative estimate of drug-likeness (QED) is 0.0700. The van der Waals surface area contributed by atoms with Crippen LogP contribution in [0, 0.1) is 11.3 Å². The third-order valence-corrected chi connectivity index (χ3v) is 6.02. The van der Waals surface area contributed by atoms with Gasteiger partial charge in [0.05, 0.1) is 6.04 Å². The zero-order valence-corrected chi connectivity index (χ0v) is 20.8. The number of primary amides is 1. The van der Waals surface area contributed by atoms with Crippen LogP contribution in [-0.2, 0) is 19.2 Å². The van der Waals surface area contributed by atoms with Crippen LogP contribution in [0.5, 0.6) is 0 Å². The van der Waals surface area contributed by atoms with E-state index >= 15 is 0 Å². The lowest BCUT2D eigenvalue weighted by Gasteiger charge is -2.31. The smallest absolute Gasteiger partial charge is 0.246 e. The number of hydrogen-bond donors (Lipinski definition) is 8. The van der Waals surface area contributed by atoms with Gasteiger partial charge in [-0.2, -0.15) is 0 Å². The normalized spacial score (nSPS) is 18.0. The van der Waals surface area contributed by atoms with Gasteiger partial charge in [-0.15, -0.1) is 0 Å². The van der Waals surface area contributed by atoms with E-state index in [-0.39, 0.29) is 24.2 Å². The summed E-state index contributed by atoms with van der Waals surface area (Å²) in [7, 11) is 0. The predicted octanol–water partition coefficient (Wildman–Crippen LogP) is -2.19. The molecule has 4 atom stereocenters. The first-order valence-electron chi connectivity index (χ1n) is 12.2. The summed E-state index contributed by atoms with van der Waals surface area (Å²) in [6, 6.07) is -3.33. The molecule has 1 fully saturated rings. The maximum Gasteiger partial charge on any atom is 0.246 e. The summed E-state index contributed by atoms with van der Waals surface area (Å²) in [6.07, 6.45) is 3.66. The van der Waals surface area contributed by atoms with Crippen LogP contribution in [0.25, 0.3) is 0 Å². The molecule has 0 aromatic heterocycles. The fourth-order valence-corrected chi connectivity index (χ4v) is 3.99. The molecule has 0 radical (unpaired) electrons. The van der Waals surface area contributed by atoms with Crippen molar-refractivity contribution in [1.29, 1.82) is 5.41 Å². The van der Waals surface area contributed by atoms with Crippen molar-refractivity contribution in [2.45, 2.75) is 83.0 Å². The molecular formula is C22H43N9O4.